The summed E-state index contributed by atoms with van der Waals surface area (Å²) in [5.41, 5.74) is -0.226. The van der Waals surface area contributed by atoms with Crippen LogP contribution in [0.25, 0.3) is 0 Å². The summed E-state index contributed by atoms with van der Waals surface area (Å²) >= 11 is 0. The number of carboxylic acids is 1. The van der Waals surface area contributed by atoms with Gasteiger partial charge in [-0.1, -0.05) is 12.8 Å². The molecule has 0 aromatic carbocycles. The van der Waals surface area contributed by atoms with Crippen LogP contribution in [0.3, 0.4) is 0 Å². The van der Waals surface area contributed by atoms with E-state index in [0.717, 1.165) is 0 Å². The Kier molecular flexibility index (Phi) is 1.38. The summed E-state index contributed by atoms with van der Waals surface area (Å²) in [6.07, 6.45) is 7.27. The summed E-state index contributed by atoms with van der Waals surface area (Å²) in [4.78, 5) is 11.3. The number of hydrogen-bond acceptors (Lipinski definition) is 1. The van der Waals surface area contributed by atoms with Crippen LogP contribution in [-0.4, -0.2) is 11.1 Å². The van der Waals surface area contributed by atoms with Gasteiger partial charge < -0.3 is 5.11 Å². The van der Waals surface area contributed by atoms with E-state index in [-0.39, 0.29) is 5.41 Å². The molecule has 72 valence electrons. The molecule has 3 aliphatic rings. The summed E-state index contributed by atoms with van der Waals surface area (Å²) in [5.74, 6) is 1.20. The van der Waals surface area contributed by atoms with E-state index in [1.165, 1.54) is 38.5 Å². The highest BCUT2D eigenvalue weighted by Gasteiger charge is 2.74. The molecule has 0 saturated heterocycles. The SMILES string of the molecule is O=C(O)C1(C2CC2)C2CCCCC21. The summed E-state index contributed by atoms with van der Waals surface area (Å²) in [7, 11) is 0. The zero-order chi connectivity index (χ0) is 9.05. The first kappa shape index (κ1) is 7.84. The van der Waals surface area contributed by atoms with Gasteiger partial charge in [-0.25, -0.2) is 0 Å². The van der Waals surface area contributed by atoms with Crippen molar-refractivity contribution in [2.75, 3.05) is 0 Å². The van der Waals surface area contributed by atoms with Gasteiger partial charge in [-0.3, -0.25) is 4.79 Å². The third kappa shape index (κ3) is 0.818. The van der Waals surface area contributed by atoms with Gasteiger partial charge in [0, 0.05) is 0 Å². The Balaban J connectivity index is 1.89. The van der Waals surface area contributed by atoms with Gasteiger partial charge in [-0.05, 0) is 43.4 Å². The molecule has 0 radical (unpaired) electrons. The maximum atomic E-state index is 11.3. The van der Waals surface area contributed by atoms with E-state index in [9.17, 15) is 9.90 Å². The van der Waals surface area contributed by atoms with Crippen LogP contribution in [0.5, 0.6) is 0 Å². The van der Waals surface area contributed by atoms with Gasteiger partial charge in [0.15, 0.2) is 0 Å². The molecular formula is C11H16O2. The first-order chi connectivity index (χ1) is 6.28. The Morgan fingerprint density at radius 2 is 1.62 bits per heavy atom. The minimum Gasteiger partial charge on any atom is -0.481 e. The monoisotopic (exact) mass is 180 g/mol. The Bertz CT molecular complexity index is 243. The first-order valence-corrected chi connectivity index (χ1v) is 5.51. The Hall–Kier alpha value is -0.530. The highest BCUT2D eigenvalue weighted by atomic mass is 16.4. The van der Waals surface area contributed by atoms with Crippen molar-refractivity contribution in [3.63, 3.8) is 0 Å². The molecule has 0 bridgehead atoms. The highest BCUT2D eigenvalue weighted by Crippen LogP contribution is 2.73. The second-order valence-corrected chi connectivity index (χ2v) is 5.01. The number of carboxylic acid groups (broad SMARTS) is 1. The minimum atomic E-state index is -0.480. The van der Waals surface area contributed by atoms with E-state index in [4.69, 9.17) is 0 Å². The molecule has 0 spiro atoms. The maximum absolute atomic E-state index is 11.3. The molecule has 2 atom stereocenters. The molecule has 2 heteroatoms. The van der Waals surface area contributed by atoms with Gasteiger partial charge in [0.05, 0.1) is 5.41 Å². The molecule has 0 aliphatic heterocycles. The summed E-state index contributed by atoms with van der Waals surface area (Å²) in [5, 5.41) is 9.35. The van der Waals surface area contributed by atoms with Crippen LogP contribution in [0.2, 0.25) is 0 Å². The fraction of sp³-hybridized carbons (Fsp3) is 0.909. The largest absolute Gasteiger partial charge is 0.481 e. The zero-order valence-corrected chi connectivity index (χ0v) is 7.83. The van der Waals surface area contributed by atoms with Gasteiger partial charge in [0.1, 0.15) is 0 Å². The fourth-order valence-corrected chi connectivity index (χ4v) is 3.83. The van der Waals surface area contributed by atoms with Gasteiger partial charge >= 0.3 is 5.97 Å². The lowest BCUT2D eigenvalue weighted by atomic mass is 9.95. The third-order valence-corrected chi connectivity index (χ3v) is 4.51. The maximum Gasteiger partial charge on any atom is 0.310 e. The van der Waals surface area contributed by atoms with Crippen LogP contribution in [-0.2, 0) is 4.79 Å². The van der Waals surface area contributed by atoms with Crippen LogP contribution < -0.4 is 0 Å². The number of aliphatic carboxylic acids is 1. The van der Waals surface area contributed by atoms with Crippen LogP contribution >= 0.6 is 0 Å². The lowest BCUT2D eigenvalue weighted by Gasteiger charge is -2.09. The van der Waals surface area contributed by atoms with Crippen molar-refractivity contribution >= 4 is 5.97 Å². The lowest BCUT2D eigenvalue weighted by Crippen LogP contribution is -2.21. The molecular weight excluding hydrogens is 164 g/mol. The van der Waals surface area contributed by atoms with E-state index in [1.807, 2.05) is 0 Å². The van der Waals surface area contributed by atoms with Crippen molar-refractivity contribution in [3.8, 4) is 0 Å². The van der Waals surface area contributed by atoms with Crippen LogP contribution in [0.1, 0.15) is 38.5 Å². The molecule has 3 saturated carbocycles. The molecule has 3 rings (SSSR count). The zero-order valence-electron chi connectivity index (χ0n) is 7.83. The van der Waals surface area contributed by atoms with Crippen molar-refractivity contribution in [1.29, 1.82) is 0 Å². The molecule has 3 aliphatic carbocycles. The van der Waals surface area contributed by atoms with E-state index in [1.54, 1.807) is 0 Å². The number of rotatable bonds is 2. The predicted octanol–water partition coefficient (Wildman–Crippen LogP) is 2.29. The van der Waals surface area contributed by atoms with Crippen molar-refractivity contribution in [1.82, 2.24) is 0 Å². The van der Waals surface area contributed by atoms with Gasteiger partial charge in [-0.2, -0.15) is 0 Å². The molecule has 0 aromatic heterocycles. The Labute approximate surface area is 78.3 Å². The van der Waals surface area contributed by atoms with E-state index >= 15 is 0 Å². The van der Waals surface area contributed by atoms with Crippen molar-refractivity contribution in [2.24, 2.45) is 23.2 Å². The molecule has 2 unspecified atom stereocenters. The molecule has 0 aromatic rings. The predicted molar refractivity (Wildman–Crippen MR) is 48.2 cm³/mol. The third-order valence-electron chi connectivity index (χ3n) is 4.51. The normalized spacial score (nSPS) is 48.3. The molecule has 3 fully saturated rings. The Morgan fingerprint density at radius 3 is 2.00 bits per heavy atom. The summed E-state index contributed by atoms with van der Waals surface area (Å²) in [6, 6.07) is 0. The lowest BCUT2D eigenvalue weighted by molar-refractivity contribution is -0.145. The quantitative estimate of drug-likeness (QED) is 0.708. The topological polar surface area (TPSA) is 37.3 Å². The minimum absolute atomic E-state index is 0.226. The van der Waals surface area contributed by atoms with Crippen molar-refractivity contribution in [2.45, 2.75) is 38.5 Å². The molecule has 0 heterocycles. The smallest absolute Gasteiger partial charge is 0.310 e. The first-order valence-electron chi connectivity index (χ1n) is 5.51. The second kappa shape index (κ2) is 2.28. The van der Waals surface area contributed by atoms with Crippen molar-refractivity contribution < 1.29 is 9.90 Å². The van der Waals surface area contributed by atoms with E-state index < -0.39 is 5.97 Å². The summed E-state index contributed by atoms with van der Waals surface area (Å²) < 4.78 is 0. The van der Waals surface area contributed by atoms with Gasteiger partial charge in [-0.15, -0.1) is 0 Å². The van der Waals surface area contributed by atoms with Gasteiger partial charge in [0.25, 0.3) is 0 Å². The van der Waals surface area contributed by atoms with Crippen molar-refractivity contribution in [3.05, 3.63) is 0 Å². The number of hydrogen-bond donors (Lipinski definition) is 1. The number of carbonyl (C=O) groups is 1. The standard InChI is InChI=1S/C11H16O2/c12-10(13)11(7-5-6-7)8-3-1-2-4-9(8)11/h7-9H,1-6H2,(H,12,13). The van der Waals surface area contributed by atoms with Crippen LogP contribution in [0.15, 0.2) is 0 Å². The Morgan fingerprint density at radius 1 is 1.08 bits per heavy atom. The molecule has 2 nitrogen and oxygen atoms in total. The molecule has 0 amide bonds. The fourth-order valence-electron chi connectivity index (χ4n) is 3.83. The molecule has 13 heavy (non-hydrogen) atoms. The van der Waals surface area contributed by atoms with Crippen LogP contribution in [0.4, 0.5) is 0 Å². The van der Waals surface area contributed by atoms with E-state index in [0.29, 0.717) is 17.8 Å². The number of fused-ring (bicyclic) bond motifs is 1. The van der Waals surface area contributed by atoms with E-state index in [2.05, 4.69) is 0 Å². The van der Waals surface area contributed by atoms with Crippen LogP contribution in [0, 0.1) is 23.2 Å². The highest BCUT2D eigenvalue weighted by molar-refractivity contribution is 5.80. The molecule has 1 N–H and O–H groups in total. The van der Waals surface area contributed by atoms with Gasteiger partial charge in [0.2, 0.25) is 0 Å². The summed E-state index contributed by atoms with van der Waals surface area (Å²) in [6.45, 7) is 0. The average molecular weight is 180 g/mol. The second-order valence-electron chi connectivity index (χ2n) is 5.01. The average Bonchev–Trinajstić information content (AvgIpc) is 2.97.